The Bertz CT molecular complexity index is 745. The Kier molecular flexibility index (Phi) is 5.12. The predicted molar refractivity (Wildman–Crippen MR) is 95.0 cm³/mol. The largest absolute Gasteiger partial charge is 0.493 e. The number of rotatable bonds is 4. The molecule has 0 saturated carbocycles. The fraction of sp³-hybridized carbons (Fsp3) is 0.350. The van der Waals surface area contributed by atoms with Gasteiger partial charge < -0.3 is 19.1 Å². The molecule has 1 heterocycles. The molecule has 0 saturated heterocycles. The molecule has 0 spiro atoms. The van der Waals surface area contributed by atoms with Crippen molar-refractivity contribution in [2.24, 2.45) is 0 Å². The summed E-state index contributed by atoms with van der Waals surface area (Å²) in [4.78, 5) is 14.3. The fourth-order valence-electron chi connectivity index (χ4n) is 3.20. The number of fused-ring (bicyclic) bond motifs is 1. The van der Waals surface area contributed by atoms with Crippen molar-refractivity contribution in [3.05, 3.63) is 59.2 Å². The van der Waals surface area contributed by atoms with E-state index in [9.17, 15) is 4.79 Å². The van der Waals surface area contributed by atoms with Crippen LogP contribution >= 0.6 is 0 Å². The molecule has 1 aliphatic rings. The Balaban J connectivity index is 1.74. The minimum Gasteiger partial charge on any atom is -0.493 e. The van der Waals surface area contributed by atoms with Crippen molar-refractivity contribution in [2.45, 2.75) is 26.0 Å². The van der Waals surface area contributed by atoms with E-state index in [2.05, 4.69) is 0 Å². The maximum Gasteiger partial charge on any atom is 0.410 e. The third-order valence-corrected chi connectivity index (χ3v) is 4.62. The van der Waals surface area contributed by atoms with Crippen LogP contribution in [-0.2, 0) is 17.8 Å². The molecule has 5 heteroatoms. The summed E-state index contributed by atoms with van der Waals surface area (Å²) in [5.74, 6) is 1.39. The number of hydrogen-bond acceptors (Lipinski definition) is 4. The van der Waals surface area contributed by atoms with E-state index in [1.165, 1.54) is 5.56 Å². The van der Waals surface area contributed by atoms with E-state index < -0.39 is 0 Å². The number of benzene rings is 2. The van der Waals surface area contributed by atoms with Crippen LogP contribution in [0, 0.1) is 0 Å². The lowest BCUT2D eigenvalue weighted by atomic mass is 9.93. The maximum absolute atomic E-state index is 12.5. The topological polar surface area (TPSA) is 48.0 Å². The van der Waals surface area contributed by atoms with Gasteiger partial charge in [0.1, 0.15) is 6.61 Å². The van der Waals surface area contributed by atoms with Gasteiger partial charge in [0.05, 0.1) is 20.3 Å². The van der Waals surface area contributed by atoms with E-state index in [1.807, 2.05) is 49.4 Å². The van der Waals surface area contributed by atoms with E-state index in [0.717, 1.165) is 17.5 Å². The first-order valence-corrected chi connectivity index (χ1v) is 8.36. The molecular weight excluding hydrogens is 318 g/mol. The van der Waals surface area contributed by atoms with Crippen LogP contribution in [0.15, 0.2) is 42.5 Å². The minimum atomic E-state index is -0.295. The second-order valence-electron chi connectivity index (χ2n) is 6.07. The molecule has 3 rings (SSSR count). The molecule has 25 heavy (non-hydrogen) atoms. The van der Waals surface area contributed by atoms with Gasteiger partial charge in [-0.05, 0) is 42.2 Å². The Hall–Kier alpha value is -2.69. The predicted octanol–water partition coefficient (Wildman–Crippen LogP) is 3.96. The summed E-state index contributed by atoms with van der Waals surface area (Å²) in [6.45, 7) is 2.91. The second kappa shape index (κ2) is 7.47. The Morgan fingerprint density at radius 1 is 1.12 bits per heavy atom. The van der Waals surface area contributed by atoms with E-state index >= 15 is 0 Å². The van der Waals surface area contributed by atoms with Gasteiger partial charge in [-0.25, -0.2) is 4.79 Å². The lowest BCUT2D eigenvalue weighted by Crippen LogP contribution is -2.39. The van der Waals surface area contributed by atoms with Crippen molar-refractivity contribution in [1.29, 1.82) is 0 Å². The highest BCUT2D eigenvalue weighted by Gasteiger charge is 2.30. The molecule has 5 nitrogen and oxygen atoms in total. The lowest BCUT2D eigenvalue weighted by Gasteiger charge is -2.35. The first kappa shape index (κ1) is 17.1. The summed E-state index contributed by atoms with van der Waals surface area (Å²) >= 11 is 0. The van der Waals surface area contributed by atoms with Gasteiger partial charge in [0, 0.05) is 6.54 Å². The molecule has 0 fully saturated rings. The molecule has 1 amide bonds. The van der Waals surface area contributed by atoms with Gasteiger partial charge in [-0.1, -0.05) is 30.3 Å². The van der Waals surface area contributed by atoms with Crippen LogP contribution in [0.25, 0.3) is 0 Å². The molecule has 0 aliphatic carbocycles. The molecule has 0 aromatic heterocycles. The summed E-state index contributed by atoms with van der Waals surface area (Å²) in [6.07, 6.45) is 0.470. The maximum atomic E-state index is 12.5. The lowest BCUT2D eigenvalue weighted by molar-refractivity contribution is 0.0802. The van der Waals surface area contributed by atoms with Crippen LogP contribution in [0.5, 0.6) is 11.5 Å². The molecule has 1 atom stereocenters. The highest BCUT2D eigenvalue weighted by atomic mass is 16.6. The van der Waals surface area contributed by atoms with E-state index in [4.69, 9.17) is 14.2 Å². The van der Waals surface area contributed by atoms with Crippen LogP contribution in [0.2, 0.25) is 0 Å². The Labute approximate surface area is 148 Å². The summed E-state index contributed by atoms with van der Waals surface area (Å²) in [6, 6.07) is 13.6. The zero-order chi connectivity index (χ0) is 17.8. The molecule has 1 unspecified atom stereocenters. The molecule has 0 N–H and O–H groups in total. The van der Waals surface area contributed by atoms with Crippen molar-refractivity contribution in [2.75, 3.05) is 20.8 Å². The summed E-state index contributed by atoms with van der Waals surface area (Å²) in [7, 11) is 3.24. The SMILES string of the molecule is COc1cc2c(cc1OC)C(C)N(C(=O)OCc1ccccc1)CC2. The van der Waals surface area contributed by atoms with Crippen LogP contribution in [0.3, 0.4) is 0 Å². The second-order valence-corrected chi connectivity index (χ2v) is 6.07. The number of methoxy groups -OCH3 is 2. The number of hydrogen-bond donors (Lipinski definition) is 0. The number of amides is 1. The Morgan fingerprint density at radius 2 is 1.80 bits per heavy atom. The smallest absolute Gasteiger partial charge is 0.410 e. The average Bonchev–Trinajstić information content (AvgIpc) is 2.66. The molecule has 1 aliphatic heterocycles. The van der Waals surface area contributed by atoms with Crippen LogP contribution < -0.4 is 9.47 Å². The zero-order valence-electron chi connectivity index (χ0n) is 14.8. The molecule has 2 aromatic carbocycles. The van der Waals surface area contributed by atoms with Crippen molar-refractivity contribution in [3.63, 3.8) is 0 Å². The standard InChI is InChI=1S/C20H23NO4/c1-14-17-12-19(24-3)18(23-2)11-16(17)9-10-21(14)20(22)25-13-15-7-5-4-6-8-15/h4-8,11-12,14H,9-10,13H2,1-3H3. The van der Waals surface area contributed by atoms with Crippen LogP contribution in [-0.4, -0.2) is 31.8 Å². The van der Waals surface area contributed by atoms with Crippen LogP contribution in [0.1, 0.15) is 29.7 Å². The average molecular weight is 341 g/mol. The third kappa shape index (κ3) is 3.55. The first-order valence-electron chi connectivity index (χ1n) is 8.36. The molecular formula is C20H23NO4. The van der Waals surface area contributed by atoms with Gasteiger partial charge >= 0.3 is 6.09 Å². The van der Waals surface area contributed by atoms with Crippen LogP contribution in [0.4, 0.5) is 4.79 Å². The zero-order valence-corrected chi connectivity index (χ0v) is 14.8. The van der Waals surface area contributed by atoms with Gasteiger partial charge in [0.25, 0.3) is 0 Å². The summed E-state index contributed by atoms with van der Waals surface area (Å²) in [5, 5.41) is 0. The number of nitrogens with zero attached hydrogens (tertiary/aromatic N) is 1. The summed E-state index contributed by atoms with van der Waals surface area (Å²) in [5.41, 5.74) is 3.23. The van der Waals surface area contributed by atoms with E-state index in [-0.39, 0.29) is 18.7 Å². The number of carbonyl (C=O) groups excluding carboxylic acids is 1. The fourth-order valence-corrected chi connectivity index (χ4v) is 3.20. The van der Waals surface area contributed by atoms with Gasteiger partial charge in [-0.2, -0.15) is 0 Å². The molecule has 2 aromatic rings. The van der Waals surface area contributed by atoms with Crippen molar-refractivity contribution >= 4 is 6.09 Å². The Morgan fingerprint density at radius 3 is 2.48 bits per heavy atom. The van der Waals surface area contributed by atoms with Gasteiger partial charge in [0.2, 0.25) is 0 Å². The highest BCUT2D eigenvalue weighted by Crippen LogP contribution is 2.38. The van der Waals surface area contributed by atoms with E-state index in [1.54, 1.807) is 19.1 Å². The number of carbonyl (C=O) groups is 1. The van der Waals surface area contributed by atoms with Crippen molar-refractivity contribution < 1.29 is 19.0 Å². The highest BCUT2D eigenvalue weighted by molar-refractivity contribution is 5.69. The molecule has 132 valence electrons. The minimum absolute atomic E-state index is 0.0770. The third-order valence-electron chi connectivity index (χ3n) is 4.62. The van der Waals surface area contributed by atoms with Crippen molar-refractivity contribution in [3.8, 4) is 11.5 Å². The number of ether oxygens (including phenoxy) is 3. The summed E-state index contributed by atoms with van der Waals surface area (Å²) < 4.78 is 16.2. The van der Waals surface area contributed by atoms with Gasteiger partial charge in [-0.15, -0.1) is 0 Å². The van der Waals surface area contributed by atoms with Gasteiger partial charge in [0.15, 0.2) is 11.5 Å². The molecule has 0 bridgehead atoms. The van der Waals surface area contributed by atoms with E-state index in [0.29, 0.717) is 18.0 Å². The molecule has 0 radical (unpaired) electrons. The van der Waals surface area contributed by atoms with Crippen molar-refractivity contribution in [1.82, 2.24) is 4.90 Å². The monoisotopic (exact) mass is 341 g/mol. The van der Waals surface area contributed by atoms with Gasteiger partial charge in [-0.3, -0.25) is 0 Å². The first-order chi connectivity index (χ1) is 12.1. The quantitative estimate of drug-likeness (QED) is 0.844. The normalized spacial score (nSPS) is 16.1.